The van der Waals surface area contributed by atoms with Gasteiger partial charge in [0.1, 0.15) is 0 Å². The standard InChI is InChI=1S/C12H18N2O3S/c13-18(15,16)12-5-3-10(4-6-12)14-8-7-11-2-1-9-17-11/h3-6,11,14H,1-2,7-9H2,(H2,13,15,16). The molecule has 100 valence electrons. The first-order valence-electron chi connectivity index (χ1n) is 6.04. The van der Waals surface area contributed by atoms with Crippen LogP contribution in [0.4, 0.5) is 5.69 Å². The average molecular weight is 270 g/mol. The second-order valence-corrected chi connectivity index (χ2v) is 5.98. The van der Waals surface area contributed by atoms with Crippen molar-refractivity contribution in [2.75, 3.05) is 18.5 Å². The van der Waals surface area contributed by atoms with Gasteiger partial charge in [-0.2, -0.15) is 0 Å². The Balaban J connectivity index is 1.83. The fourth-order valence-electron chi connectivity index (χ4n) is 2.01. The van der Waals surface area contributed by atoms with Crippen LogP contribution in [0.25, 0.3) is 0 Å². The summed E-state index contributed by atoms with van der Waals surface area (Å²) in [6.07, 6.45) is 3.61. The molecule has 0 saturated carbocycles. The minimum absolute atomic E-state index is 0.132. The van der Waals surface area contributed by atoms with E-state index in [4.69, 9.17) is 9.88 Å². The molecule has 2 rings (SSSR count). The lowest BCUT2D eigenvalue weighted by Crippen LogP contribution is -2.13. The van der Waals surface area contributed by atoms with E-state index < -0.39 is 10.0 Å². The number of nitrogens with two attached hydrogens (primary N) is 1. The molecule has 5 nitrogen and oxygen atoms in total. The summed E-state index contributed by atoms with van der Waals surface area (Å²) in [6.45, 7) is 1.69. The summed E-state index contributed by atoms with van der Waals surface area (Å²) in [5.74, 6) is 0. The number of hydrogen-bond acceptors (Lipinski definition) is 4. The molecule has 1 heterocycles. The molecule has 1 aromatic rings. The highest BCUT2D eigenvalue weighted by Crippen LogP contribution is 2.16. The molecule has 0 spiro atoms. The van der Waals surface area contributed by atoms with Gasteiger partial charge >= 0.3 is 0 Å². The van der Waals surface area contributed by atoms with Crippen LogP contribution in [0.15, 0.2) is 29.2 Å². The van der Waals surface area contributed by atoms with E-state index in [0.29, 0.717) is 6.10 Å². The van der Waals surface area contributed by atoms with E-state index in [1.54, 1.807) is 12.1 Å². The molecule has 0 aliphatic carbocycles. The van der Waals surface area contributed by atoms with Crippen molar-refractivity contribution >= 4 is 15.7 Å². The molecule has 3 N–H and O–H groups in total. The molecule has 18 heavy (non-hydrogen) atoms. The molecule has 1 aliphatic rings. The third-order valence-electron chi connectivity index (χ3n) is 3.00. The normalized spacial score (nSPS) is 19.9. The van der Waals surface area contributed by atoms with Crippen molar-refractivity contribution in [2.24, 2.45) is 5.14 Å². The van der Waals surface area contributed by atoms with Crippen LogP contribution in [0, 0.1) is 0 Å². The Kier molecular flexibility index (Phi) is 4.21. The largest absolute Gasteiger partial charge is 0.385 e. The lowest BCUT2D eigenvalue weighted by Gasteiger charge is -2.11. The molecule has 1 saturated heterocycles. The molecule has 1 fully saturated rings. The highest BCUT2D eigenvalue weighted by molar-refractivity contribution is 7.89. The number of sulfonamides is 1. The number of hydrogen-bond donors (Lipinski definition) is 2. The summed E-state index contributed by atoms with van der Waals surface area (Å²) in [4.78, 5) is 0.132. The number of ether oxygens (including phenoxy) is 1. The SMILES string of the molecule is NS(=O)(=O)c1ccc(NCCC2CCCO2)cc1. The van der Waals surface area contributed by atoms with Crippen LogP contribution in [0.5, 0.6) is 0 Å². The lowest BCUT2D eigenvalue weighted by atomic mass is 10.2. The van der Waals surface area contributed by atoms with Crippen molar-refractivity contribution in [3.63, 3.8) is 0 Å². The maximum atomic E-state index is 11.1. The Labute approximate surface area is 107 Å². The quantitative estimate of drug-likeness (QED) is 0.845. The molecule has 1 unspecified atom stereocenters. The van der Waals surface area contributed by atoms with Crippen molar-refractivity contribution in [1.29, 1.82) is 0 Å². The number of rotatable bonds is 5. The predicted molar refractivity (Wildman–Crippen MR) is 69.9 cm³/mol. The van der Waals surface area contributed by atoms with Crippen LogP contribution in [-0.2, 0) is 14.8 Å². The smallest absolute Gasteiger partial charge is 0.238 e. The molecule has 0 aromatic heterocycles. The third-order valence-corrected chi connectivity index (χ3v) is 3.93. The van der Waals surface area contributed by atoms with Crippen LogP contribution in [-0.4, -0.2) is 27.7 Å². The van der Waals surface area contributed by atoms with E-state index in [1.165, 1.54) is 12.1 Å². The molecule has 6 heteroatoms. The van der Waals surface area contributed by atoms with Crippen LogP contribution in [0.3, 0.4) is 0 Å². The van der Waals surface area contributed by atoms with Crippen molar-refractivity contribution in [2.45, 2.75) is 30.3 Å². The zero-order chi connectivity index (χ0) is 13.0. The van der Waals surface area contributed by atoms with Crippen molar-refractivity contribution in [3.8, 4) is 0 Å². The first-order chi connectivity index (χ1) is 8.55. The summed E-state index contributed by atoms with van der Waals surface area (Å²) in [5, 5.41) is 8.26. The lowest BCUT2D eigenvalue weighted by molar-refractivity contribution is 0.107. The molecule has 1 atom stereocenters. The molecular formula is C12H18N2O3S. The molecule has 1 aliphatic heterocycles. The topological polar surface area (TPSA) is 81.4 Å². The Morgan fingerprint density at radius 1 is 1.33 bits per heavy atom. The predicted octanol–water partition coefficient (Wildman–Crippen LogP) is 1.31. The van der Waals surface area contributed by atoms with E-state index in [9.17, 15) is 8.42 Å². The Bertz CT molecular complexity index is 479. The third kappa shape index (κ3) is 3.69. The summed E-state index contributed by atoms with van der Waals surface area (Å²) in [6, 6.07) is 6.44. The monoisotopic (exact) mass is 270 g/mol. The first-order valence-corrected chi connectivity index (χ1v) is 7.59. The van der Waals surface area contributed by atoms with Crippen molar-refractivity contribution in [3.05, 3.63) is 24.3 Å². The van der Waals surface area contributed by atoms with Gasteiger partial charge in [-0.15, -0.1) is 0 Å². The van der Waals surface area contributed by atoms with E-state index in [0.717, 1.165) is 38.1 Å². The molecule has 1 aromatic carbocycles. The fraction of sp³-hybridized carbons (Fsp3) is 0.500. The molecule has 0 bridgehead atoms. The van der Waals surface area contributed by atoms with E-state index in [-0.39, 0.29) is 4.90 Å². The zero-order valence-corrected chi connectivity index (χ0v) is 10.9. The second-order valence-electron chi connectivity index (χ2n) is 4.42. The van der Waals surface area contributed by atoms with Crippen LogP contribution in [0.2, 0.25) is 0 Å². The van der Waals surface area contributed by atoms with E-state index in [2.05, 4.69) is 5.32 Å². The highest BCUT2D eigenvalue weighted by atomic mass is 32.2. The van der Waals surface area contributed by atoms with Gasteiger partial charge in [-0.25, -0.2) is 13.6 Å². The zero-order valence-electron chi connectivity index (χ0n) is 10.1. The van der Waals surface area contributed by atoms with Crippen molar-refractivity contribution < 1.29 is 13.2 Å². The maximum Gasteiger partial charge on any atom is 0.238 e. The van der Waals surface area contributed by atoms with Crippen LogP contribution in [0.1, 0.15) is 19.3 Å². The second kappa shape index (κ2) is 5.69. The van der Waals surface area contributed by atoms with Crippen LogP contribution >= 0.6 is 0 Å². The van der Waals surface area contributed by atoms with Gasteiger partial charge in [0.2, 0.25) is 10.0 Å². The fourth-order valence-corrected chi connectivity index (χ4v) is 2.53. The first kappa shape index (κ1) is 13.3. The van der Waals surface area contributed by atoms with Gasteiger partial charge in [0.15, 0.2) is 0 Å². The minimum atomic E-state index is -3.60. The number of primary sulfonamides is 1. The number of benzene rings is 1. The Hall–Kier alpha value is -1.11. The summed E-state index contributed by atoms with van der Waals surface area (Å²) < 4.78 is 27.7. The van der Waals surface area contributed by atoms with Gasteiger partial charge in [0.25, 0.3) is 0 Å². The molecule has 0 amide bonds. The van der Waals surface area contributed by atoms with Gasteiger partial charge in [-0.1, -0.05) is 0 Å². The van der Waals surface area contributed by atoms with Gasteiger partial charge < -0.3 is 10.1 Å². The minimum Gasteiger partial charge on any atom is -0.385 e. The summed E-state index contributed by atoms with van der Waals surface area (Å²) in [7, 11) is -3.60. The molecule has 0 radical (unpaired) electrons. The van der Waals surface area contributed by atoms with E-state index >= 15 is 0 Å². The number of anilines is 1. The summed E-state index contributed by atoms with van der Waals surface area (Å²) in [5.41, 5.74) is 0.889. The van der Waals surface area contributed by atoms with Gasteiger partial charge in [0.05, 0.1) is 11.0 Å². The maximum absolute atomic E-state index is 11.1. The van der Waals surface area contributed by atoms with Crippen LogP contribution < -0.4 is 10.5 Å². The van der Waals surface area contributed by atoms with Gasteiger partial charge in [0, 0.05) is 18.8 Å². The van der Waals surface area contributed by atoms with Gasteiger partial charge in [-0.3, -0.25) is 0 Å². The molecular weight excluding hydrogens is 252 g/mol. The average Bonchev–Trinajstić information content (AvgIpc) is 2.82. The van der Waals surface area contributed by atoms with Gasteiger partial charge in [-0.05, 0) is 43.5 Å². The number of nitrogens with one attached hydrogen (secondary N) is 1. The Morgan fingerprint density at radius 2 is 2.06 bits per heavy atom. The van der Waals surface area contributed by atoms with Crippen molar-refractivity contribution in [1.82, 2.24) is 0 Å². The Morgan fingerprint density at radius 3 is 2.61 bits per heavy atom. The van der Waals surface area contributed by atoms with E-state index in [1.807, 2.05) is 0 Å². The highest BCUT2D eigenvalue weighted by Gasteiger charge is 2.14. The summed E-state index contributed by atoms with van der Waals surface area (Å²) >= 11 is 0.